The minimum Gasteiger partial charge on any atom is -0.504 e. The summed E-state index contributed by atoms with van der Waals surface area (Å²) in [6, 6.07) is 11.8. The highest BCUT2D eigenvalue weighted by Gasteiger charge is 2.17. The molecular formula is C19H16ClNO5. The Balaban J connectivity index is 1.81. The summed E-state index contributed by atoms with van der Waals surface area (Å²) in [6.07, 6.45) is 0. The zero-order chi connectivity index (χ0) is 18.7. The maximum absolute atomic E-state index is 12.2. The van der Waals surface area contributed by atoms with Gasteiger partial charge in [-0.05, 0) is 30.3 Å². The molecule has 1 heterocycles. The normalized spacial score (nSPS) is 10.6. The predicted octanol–water partition coefficient (Wildman–Crippen LogP) is 3.97. The fraction of sp³-hybridized carbons (Fsp3) is 0.158. The molecule has 2 aromatic carbocycles. The fourth-order valence-electron chi connectivity index (χ4n) is 2.47. The van der Waals surface area contributed by atoms with Crippen molar-refractivity contribution in [2.24, 2.45) is 0 Å². The number of aromatic nitrogens is 1. The van der Waals surface area contributed by atoms with Crippen LogP contribution in [0.15, 0.2) is 42.5 Å². The molecule has 0 bridgehead atoms. The SMILES string of the molecule is COc1ccc2cc(COC(=O)c3cccc(OC)c3O)c(Cl)nc2c1. The van der Waals surface area contributed by atoms with Gasteiger partial charge in [-0.2, -0.15) is 0 Å². The maximum Gasteiger partial charge on any atom is 0.342 e. The molecule has 0 amide bonds. The van der Waals surface area contributed by atoms with Crippen LogP contribution < -0.4 is 9.47 Å². The van der Waals surface area contributed by atoms with Crippen molar-refractivity contribution in [1.29, 1.82) is 0 Å². The lowest BCUT2D eigenvalue weighted by atomic mass is 10.1. The molecule has 3 aromatic rings. The van der Waals surface area contributed by atoms with Crippen LogP contribution in [0.2, 0.25) is 5.15 Å². The van der Waals surface area contributed by atoms with Crippen molar-refractivity contribution in [3.05, 3.63) is 58.7 Å². The highest BCUT2D eigenvalue weighted by atomic mass is 35.5. The van der Waals surface area contributed by atoms with E-state index in [4.69, 9.17) is 25.8 Å². The number of nitrogens with zero attached hydrogens (tertiary/aromatic N) is 1. The van der Waals surface area contributed by atoms with Gasteiger partial charge >= 0.3 is 5.97 Å². The van der Waals surface area contributed by atoms with Crippen LogP contribution in [0.5, 0.6) is 17.2 Å². The number of phenols is 1. The van der Waals surface area contributed by atoms with Crippen molar-refractivity contribution < 1.29 is 24.1 Å². The van der Waals surface area contributed by atoms with Gasteiger partial charge in [-0.15, -0.1) is 0 Å². The summed E-state index contributed by atoms with van der Waals surface area (Å²) in [7, 11) is 2.98. The molecule has 0 fully saturated rings. The van der Waals surface area contributed by atoms with Gasteiger partial charge < -0.3 is 19.3 Å². The number of carbonyl (C=O) groups is 1. The largest absolute Gasteiger partial charge is 0.504 e. The molecule has 0 saturated carbocycles. The number of pyridine rings is 1. The van der Waals surface area contributed by atoms with Crippen LogP contribution in [0.25, 0.3) is 10.9 Å². The molecule has 0 aliphatic heterocycles. The number of benzene rings is 2. The summed E-state index contributed by atoms with van der Waals surface area (Å²) in [5.41, 5.74) is 1.24. The zero-order valence-corrected chi connectivity index (χ0v) is 14.9. The molecule has 134 valence electrons. The number of phenolic OH excluding ortho intramolecular Hbond substituents is 1. The van der Waals surface area contributed by atoms with E-state index in [-0.39, 0.29) is 28.8 Å². The summed E-state index contributed by atoms with van der Waals surface area (Å²) >= 11 is 6.19. The molecule has 1 N–H and O–H groups in total. The molecule has 0 saturated heterocycles. The van der Waals surface area contributed by atoms with Crippen molar-refractivity contribution in [3.8, 4) is 17.2 Å². The molecule has 0 radical (unpaired) electrons. The molecule has 0 atom stereocenters. The number of ether oxygens (including phenoxy) is 3. The first-order valence-electron chi connectivity index (χ1n) is 7.69. The van der Waals surface area contributed by atoms with Gasteiger partial charge in [0.1, 0.15) is 23.1 Å². The Labute approximate surface area is 154 Å². The molecule has 1 aromatic heterocycles. The Kier molecular flexibility index (Phi) is 5.14. The van der Waals surface area contributed by atoms with E-state index in [2.05, 4.69) is 4.98 Å². The van der Waals surface area contributed by atoms with Crippen LogP contribution in [0.1, 0.15) is 15.9 Å². The maximum atomic E-state index is 12.2. The van der Waals surface area contributed by atoms with Crippen molar-refractivity contribution in [3.63, 3.8) is 0 Å². The zero-order valence-electron chi connectivity index (χ0n) is 14.2. The summed E-state index contributed by atoms with van der Waals surface area (Å²) < 4.78 is 15.4. The number of carbonyl (C=O) groups excluding carboxylic acids is 1. The first-order chi connectivity index (χ1) is 12.5. The average Bonchev–Trinajstić information content (AvgIpc) is 2.65. The van der Waals surface area contributed by atoms with E-state index in [0.717, 1.165) is 5.39 Å². The number of fused-ring (bicyclic) bond motifs is 1. The standard InChI is InChI=1S/C19H16ClNO5/c1-24-13-7-6-11-8-12(18(20)21-15(11)9-13)10-26-19(23)14-4-3-5-16(25-2)17(14)22/h3-9,22H,10H2,1-2H3. The Hall–Kier alpha value is -2.99. The first-order valence-corrected chi connectivity index (χ1v) is 8.07. The molecule has 0 spiro atoms. The summed E-state index contributed by atoms with van der Waals surface area (Å²) in [6.45, 7) is -0.0801. The van der Waals surface area contributed by atoms with Crippen molar-refractivity contribution in [1.82, 2.24) is 4.98 Å². The lowest BCUT2D eigenvalue weighted by molar-refractivity contribution is 0.0468. The van der Waals surface area contributed by atoms with E-state index in [0.29, 0.717) is 16.8 Å². The highest BCUT2D eigenvalue weighted by Crippen LogP contribution is 2.30. The van der Waals surface area contributed by atoms with Crippen LogP contribution in [0.4, 0.5) is 0 Å². The highest BCUT2D eigenvalue weighted by molar-refractivity contribution is 6.30. The van der Waals surface area contributed by atoms with Crippen LogP contribution in [-0.4, -0.2) is 30.3 Å². The van der Waals surface area contributed by atoms with Crippen LogP contribution in [0.3, 0.4) is 0 Å². The number of aromatic hydroxyl groups is 1. The van der Waals surface area contributed by atoms with E-state index in [1.54, 1.807) is 31.4 Å². The van der Waals surface area contributed by atoms with E-state index in [9.17, 15) is 9.90 Å². The Morgan fingerprint density at radius 2 is 1.96 bits per heavy atom. The molecule has 0 aliphatic carbocycles. The van der Waals surface area contributed by atoms with Crippen molar-refractivity contribution >= 4 is 28.5 Å². The molecule has 0 unspecified atom stereocenters. The number of halogens is 1. The van der Waals surface area contributed by atoms with E-state index in [1.807, 2.05) is 12.1 Å². The lowest BCUT2D eigenvalue weighted by Crippen LogP contribution is -2.07. The van der Waals surface area contributed by atoms with Crippen LogP contribution in [-0.2, 0) is 11.3 Å². The molecule has 3 rings (SSSR count). The summed E-state index contributed by atoms with van der Waals surface area (Å²) in [4.78, 5) is 16.6. The Morgan fingerprint density at radius 3 is 2.69 bits per heavy atom. The van der Waals surface area contributed by atoms with Gasteiger partial charge in [-0.25, -0.2) is 9.78 Å². The summed E-state index contributed by atoms with van der Waals surface area (Å²) in [5.74, 6) is -0.0883. The van der Waals surface area contributed by atoms with E-state index >= 15 is 0 Å². The number of rotatable bonds is 5. The number of esters is 1. The number of para-hydroxylation sites is 1. The third kappa shape index (κ3) is 3.50. The average molecular weight is 374 g/mol. The second kappa shape index (κ2) is 7.49. The molecule has 7 heteroatoms. The van der Waals surface area contributed by atoms with Gasteiger partial charge in [0, 0.05) is 17.0 Å². The lowest BCUT2D eigenvalue weighted by Gasteiger charge is -2.10. The van der Waals surface area contributed by atoms with Gasteiger partial charge in [-0.1, -0.05) is 17.7 Å². The smallest absolute Gasteiger partial charge is 0.342 e. The van der Waals surface area contributed by atoms with Gasteiger partial charge in [0.2, 0.25) is 0 Å². The van der Waals surface area contributed by atoms with E-state index in [1.165, 1.54) is 13.2 Å². The minimum absolute atomic E-state index is 0.0129. The number of methoxy groups -OCH3 is 2. The minimum atomic E-state index is -0.688. The fourth-order valence-corrected chi connectivity index (χ4v) is 2.67. The van der Waals surface area contributed by atoms with E-state index < -0.39 is 5.97 Å². The molecule has 26 heavy (non-hydrogen) atoms. The Bertz CT molecular complexity index is 974. The number of hydrogen-bond acceptors (Lipinski definition) is 6. The monoisotopic (exact) mass is 373 g/mol. The third-order valence-corrected chi connectivity index (χ3v) is 4.18. The summed E-state index contributed by atoms with van der Waals surface area (Å²) in [5, 5.41) is 11.1. The van der Waals surface area contributed by atoms with Gasteiger partial charge in [0.05, 0.1) is 19.7 Å². The predicted molar refractivity (Wildman–Crippen MR) is 97.1 cm³/mol. The molecule has 0 aliphatic rings. The topological polar surface area (TPSA) is 77.9 Å². The molecule has 6 nitrogen and oxygen atoms in total. The third-order valence-electron chi connectivity index (χ3n) is 3.85. The quantitative estimate of drug-likeness (QED) is 0.538. The van der Waals surface area contributed by atoms with Gasteiger partial charge in [0.25, 0.3) is 0 Å². The van der Waals surface area contributed by atoms with Crippen LogP contribution >= 0.6 is 11.6 Å². The van der Waals surface area contributed by atoms with Gasteiger partial charge in [-0.3, -0.25) is 0 Å². The van der Waals surface area contributed by atoms with Crippen molar-refractivity contribution in [2.45, 2.75) is 6.61 Å². The second-order valence-corrected chi connectivity index (χ2v) is 5.79. The second-order valence-electron chi connectivity index (χ2n) is 5.43. The first kappa shape index (κ1) is 17.8. The number of hydrogen-bond donors (Lipinski definition) is 1. The van der Waals surface area contributed by atoms with Gasteiger partial charge in [0.15, 0.2) is 11.5 Å². The Morgan fingerprint density at radius 1 is 1.15 bits per heavy atom. The van der Waals surface area contributed by atoms with Crippen LogP contribution in [0, 0.1) is 0 Å². The van der Waals surface area contributed by atoms with Crippen molar-refractivity contribution in [2.75, 3.05) is 14.2 Å². The molecular weight excluding hydrogens is 358 g/mol.